The fraction of sp³-hybridized carbons (Fsp3) is 0.929. The molecule has 0 aromatic heterocycles. The third-order valence-corrected chi connectivity index (χ3v) is 4.57. The van der Waals surface area contributed by atoms with E-state index in [4.69, 9.17) is 4.74 Å². The second-order valence-electron chi connectivity index (χ2n) is 5.51. The van der Waals surface area contributed by atoms with E-state index in [1.165, 1.54) is 39.2 Å². The van der Waals surface area contributed by atoms with E-state index in [9.17, 15) is 4.79 Å². The summed E-state index contributed by atoms with van der Waals surface area (Å²) in [5, 5.41) is 0. The first-order valence-electron chi connectivity index (χ1n) is 7.09. The van der Waals surface area contributed by atoms with Gasteiger partial charge in [0.2, 0.25) is 0 Å². The van der Waals surface area contributed by atoms with Gasteiger partial charge in [0.05, 0.1) is 7.11 Å². The molecule has 98 valence electrons. The minimum Gasteiger partial charge on any atom is -0.468 e. The van der Waals surface area contributed by atoms with Gasteiger partial charge in [0, 0.05) is 6.04 Å². The van der Waals surface area contributed by atoms with Gasteiger partial charge in [-0.3, -0.25) is 9.69 Å². The van der Waals surface area contributed by atoms with E-state index in [2.05, 4.69) is 11.8 Å². The molecule has 3 nitrogen and oxygen atoms in total. The van der Waals surface area contributed by atoms with Gasteiger partial charge >= 0.3 is 5.97 Å². The van der Waals surface area contributed by atoms with Crippen molar-refractivity contribution in [2.45, 2.75) is 64.0 Å². The molecule has 17 heavy (non-hydrogen) atoms. The van der Waals surface area contributed by atoms with Crippen molar-refractivity contribution < 1.29 is 9.53 Å². The third-order valence-electron chi connectivity index (χ3n) is 4.57. The summed E-state index contributed by atoms with van der Waals surface area (Å²) in [7, 11) is 1.51. The molecule has 3 heteroatoms. The predicted molar refractivity (Wildman–Crippen MR) is 67.8 cm³/mol. The van der Waals surface area contributed by atoms with Crippen LogP contribution in [0.25, 0.3) is 0 Å². The fourth-order valence-electron chi connectivity index (χ4n) is 3.55. The van der Waals surface area contributed by atoms with Crippen molar-refractivity contribution in [1.29, 1.82) is 0 Å². The summed E-state index contributed by atoms with van der Waals surface area (Å²) in [5.74, 6) is 0.841. The highest BCUT2D eigenvalue weighted by Gasteiger charge is 2.37. The second kappa shape index (κ2) is 5.85. The van der Waals surface area contributed by atoms with Crippen molar-refractivity contribution in [3.63, 3.8) is 0 Å². The van der Waals surface area contributed by atoms with Crippen LogP contribution in [0.5, 0.6) is 0 Å². The molecule has 2 aliphatic rings. The molecule has 1 saturated carbocycles. The zero-order chi connectivity index (χ0) is 12.3. The van der Waals surface area contributed by atoms with Gasteiger partial charge in [-0.25, -0.2) is 0 Å². The molecule has 1 heterocycles. The molecule has 0 amide bonds. The quantitative estimate of drug-likeness (QED) is 0.709. The molecule has 2 rings (SSSR count). The highest BCUT2D eigenvalue weighted by molar-refractivity contribution is 5.76. The lowest BCUT2D eigenvalue weighted by atomic mass is 9.83. The van der Waals surface area contributed by atoms with Gasteiger partial charge in [-0.1, -0.05) is 26.2 Å². The minimum absolute atomic E-state index is 0.0267. The zero-order valence-electron chi connectivity index (χ0n) is 11.2. The molecule has 3 atom stereocenters. The fourth-order valence-corrected chi connectivity index (χ4v) is 3.55. The maximum atomic E-state index is 11.8. The Morgan fingerprint density at radius 3 is 2.82 bits per heavy atom. The Labute approximate surface area is 105 Å². The van der Waals surface area contributed by atoms with E-state index in [-0.39, 0.29) is 12.0 Å². The smallest absolute Gasteiger partial charge is 0.323 e. The van der Waals surface area contributed by atoms with Crippen LogP contribution in [0.3, 0.4) is 0 Å². The van der Waals surface area contributed by atoms with E-state index in [0.29, 0.717) is 6.04 Å². The van der Waals surface area contributed by atoms with Gasteiger partial charge in [-0.2, -0.15) is 0 Å². The van der Waals surface area contributed by atoms with Gasteiger partial charge in [-0.15, -0.1) is 0 Å². The lowest BCUT2D eigenvalue weighted by Gasteiger charge is -2.37. The third kappa shape index (κ3) is 2.82. The van der Waals surface area contributed by atoms with Gasteiger partial charge in [0.1, 0.15) is 6.04 Å². The monoisotopic (exact) mass is 239 g/mol. The summed E-state index contributed by atoms with van der Waals surface area (Å²) in [4.78, 5) is 14.2. The standard InChI is InChI=1S/C14H25NO2/c1-3-11-6-4-7-12(10-11)15-9-5-8-13(15)14(16)17-2/h11-13H,3-10H2,1-2H3. The lowest BCUT2D eigenvalue weighted by Crippen LogP contribution is -2.45. The van der Waals surface area contributed by atoms with Gasteiger partial charge < -0.3 is 4.74 Å². The Morgan fingerprint density at radius 1 is 1.29 bits per heavy atom. The van der Waals surface area contributed by atoms with Crippen molar-refractivity contribution in [3.05, 3.63) is 0 Å². The van der Waals surface area contributed by atoms with Crippen LogP contribution in [0.15, 0.2) is 0 Å². The highest BCUT2D eigenvalue weighted by Crippen LogP contribution is 2.33. The molecule has 0 spiro atoms. The maximum Gasteiger partial charge on any atom is 0.323 e. The van der Waals surface area contributed by atoms with Gasteiger partial charge in [-0.05, 0) is 38.1 Å². The van der Waals surface area contributed by atoms with Crippen LogP contribution in [0, 0.1) is 5.92 Å². The number of hydrogen-bond donors (Lipinski definition) is 0. The van der Waals surface area contributed by atoms with E-state index in [1.54, 1.807) is 0 Å². The van der Waals surface area contributed by atoms with E-state index < -0.39 is 0 Å². The summed E-state index contributed by atoms with van der Waals surface area (Å²) in [6.07, 6.45) is 8.67. The number of nitrogens with zero attached hydrogens (tertiary/aromatic N) is 1. The number of carbonyl (C=O) groups excluding carboxylic acids is 1. The average molecular weight is 239 g/mol. The summed E-state index contributed by atoms with van der Waals surface area (Å²) in [6.45, 7) is 3.37. The van der Waals surface area contributed by atoms with E-state index in [0.717, 1.165) is 25.3 Å². The molecular weight excluding hydrogens is 214 g/mol. The Bertz CT molecular complexity index is 267. The first kappa shape index (κ1) is 12.9. The van der Waals surface area contributed by atoms with Crippen molar-refractivity contribution in [3.8, 4) is 0 Å². The second-order valence-corrected chi connectivity index (χ2v) is 5.51. The first-order valence-corrected chi connectivity index (χ1v) is 7.09. The number of ether oxygens (including phenoxy) is 1. The van der Waals surface area contributed by atoms with Gasteiger partial charge in [0.15, 0.2) is 0 Å². The van der Waals surface area contributed by atoms with E-state index >= 15 is 0 Å². The number of methoxy groups -OCH3 is 1. The zero-order valence-corrected chi connectivity index (χ0v) is 11.2. The SMILES string of the molecule is CCC1CCCC(N2CCCC2C(=O)OC)C1. The Morgan fingerprint density at radius 2 is 2.12 bits per heavy atom. The minimum atomic E-state index is -0.0267. The van der Waals surface area contributed by atoms with Crippen LogP contribution in [0.1, 0.15) is 51.9 Å². The molecule has 0 N–H and O–H groups in total. The summed E-state index contributed by atoms with van der Waals surface area (Å²) >= 11 is 0. The van der Waals surface area contributed by atoms with Crippen LogP contribution >= 0.6 is 0 Å². The number of likely N-dealkylation sites (tertiary alicyclic amines) is 1. The number of rotatable bonds is 3. The van der Waals surface area contributed by atoms with Crippen molar-refractivity contribution in [2.75, 3.05) is 13.7 Å². The normalized spacial score (nSPS) is 34.8. The lowest BCUT2D eigenvalue weighted by molar-refractivity contribution is -0.147. The van der Waals surface area contributed by atoms with E-state index in [1.807, 2.05) is 0 Å². The summed E-state index contributed by atoms with van der Waals surface area (Å²) in [5.41, 5.74) is 0. The molecule has 0 aromatic carbocycles. The van der Waals surface area contributed by atoms with Crippen LogP contribution in [-0.2, 0) is 9.53 Å². The Balaban J connectivity index is 1.97. The predicted octanol–water partition coefficient (Wildman–Crippen LogP) is 2.59. The molecule has 1 saturated heterocycles. The van der Waals surface area contributed by atoms with Crippen LogP contribution < -0.4 is 0 Å². The molecule has 0 radical (unpaired) electrons. The van der Waals surface area contributed by atoms with Crippen LogP contribution in [0.4, 0.5) is 0 Å². The van der Waals surface area contributed by atoms with Crippen molar-refractivity contribution in [2.24, 2.45) is 5.92 Å². The van der Waals surface area contributed by atoms with Crippen molar-refractivity contribution in [1.82, 2.24) is 4.90 Å². The molecule has 1 aliphatic heterocycles. The van der Waals surface area contributed by atoms with Crippen LogP contribution in [0.2, 0.25) is 0 Å². The molecule has 1 aliphatic carbocycles. The number of carbonyl (C=O) groups is 1. The average Bonchev–Trinajstić information content (AvgIpc) is 2.87. The number of esters is 1. The maximum absolute atomic E-state index is 11.8. The molecule has 0 aromatic rings. The molecule has 3 unspecified atom stereocenters. The Hall–Kier alpha value is -0.570. The first-order chi connectivity index (χ1) is 8.26. The highest BCUT2D eigenvalue weighted by atomic mass is 16.5. The van der Waals surface area contributed by atoms with Crippen molar-refractivity contribution >= 4 is 5.97 Å². The summed E-state index contributed by atoms with van der Waals surface area (Å²) in [6, 6.07) is 0.668. The van der Waals surface area contributed by atoms with Gasteiger partial charge in [0.25, 0.3) is 0 Å². The molecular formula is C14H25NO2. The summed E-state index contributed by atoms with van der Waals surface area (Å²) < 4.78 is 4.93. The largest absolute Gasteiger partial charge is 0.468 e. The van der Waals surface area contributed by atoms with Crippen LogP contribution in [-0.4, -0.2) is 36.6 Å². The molecule has 0 bridgehead atoms. The molecule has 2 fully saturated rings. The topological polar surface area (TPSA) is 29.5 Å². The number of hydrogen-bond acceptors (Lipinski definition) is 3. The Kier molecular flexibility index (Phi) is 4.43.